The van der Waals surface area contributed by atoms with Gasteiger partial charge in [-0.3, -0.25) is 24.5 Å². The molecule has 2 fully saturated rings. The van der Waals surface area contributed by atoms with Crippen molar-refractivity contribution < 1.29 is 33.1 Å². The molecule has 0 bridgehead atoms. The highest BCUT2D eigenvalue weighted by molar-refractivity contribution is 9.10. The Morgan fingerprint density at radius 3 is 2.21 bits per heavy atom. The van der Waals surface area contributed by atoms with Crippen LogP contribution in [-0.4, -0.2) is 94.1 Å². The van der Waals surface area contributed by atoms with Crippen molar-refractivity contribution in [2.75, 3.05) is 27.4 Å². The smallest absolute Gasteiger partial charge is 0.464 e. The maximum Gasteiger partial charge on any atom is 0.494 e. The minimum atomic E-state index is -0.809. The number of hydrogen-bond acceptors (Lipinski definition) is 12. The van der Waals surface area contributed by atoms with Crippen molar-refractivity contribution in [3.63, 3.8) is 0 Å². The number of aromatic nitrogens is 3. The van der Waals surface area contributed by atoms with Crippen LogP contribution in [0.3, 0.4) is 0 Å². The number of methoxy groups -OCH3 is 2. The molecule has 2 saturated heterocycles. The van der Waals surface area contributed by atoms with Crippen LogP contribution in [-0.2, 0) is 59.2 Å². The predicted molar refractivity (Wildman–Crippen MR) is 284 cm³/mol. The average molecular weight is 1050 g/mol. The number of hydrazine groups is 1. The summed E-state index contributed by atoms with van der Waals surface area (Å²) in [6.45, 7) is 18.9. The van der Waals surface area contributed by atoms with Gasteiger partial charge in [-0.2, -0.15) is 0 Å². The van der Waals surface area contributed by atoms with Gasteiger partial charge in [0.1, 0.15) is 27.8 Å². The van der Waals surface area contributed by atoms with E-state index in [0.717, 1.165) is 50.0 Å². The SMILES string of the molecule is CCn1c(-c2cccnc2[C@H](C)OC)c(CC(C)(C)COC(=O)[C@@H]2CCCN(C(=O)[C@H]([C@H](OC)c3nc(Br)cs3)N(Cc3ccccc3)Cc3ccccc3)N2)c2cc(B3OC(C)(C)C(C)(C)O3)ccc21. The predicted octanol–water partition coefficient (Wildman–Crippen LogP) is 10.0. The standard InChI is InChI=1S/C55H68BBrN6O7S/c1-11-62-44-27-26-39(56-69-54(5,6)55(7,8)70-56)30-41(44)42(47(62)40-24-18-28-58-46(40)36(2)66-9)31-53(3,4)35-68-52(65)43-25-19-29-63(60-43)51(64)48(49(67-10)50-59-45(57)34-71-50)61(32-37-20-14-12-15-21-37)33-38-22-16-13-17-23-38/h12-18,20-24,26-28,30,34,36,43,48-49,60H,11,19,25,29,31-33,35H2,1-10H3/t36-,43-,48-,49-/m0/s1. The van der Waals surface area contributed by atoms with Crippen LogP contribution in [0.25, 0.3) is 22.2 Å². The number of hydrogen-bond donors (Lipinski definition) is 1. The van der Waals surface area contributed by atoms with Crippen molar-refractivity contribution in [2.24, 2.45) is 5.41 Å². The summed E-state index contributed by atoms with van der Waals surface area (Å²) in [5.74, 6) is -0.627. The van der Waals surface area contributed by atoms with Gasteiger partial charge in [0.05, 0.1) is 35.3 Å². The Morgan fingerprint density at radius 2 is 1.62 bits per heavy atom. The Kier molecular flexibility index (Phi) is 16.4. The number of ether oxygens (including phenoxy) is 3. The second-order valence-corrected chi connectivity index (χ2v) is 22.2. The summed E-state index contributed by atoms with van der Waals surface area (Å²) in [6.07, 6.45) is 2.52. The maximum absolute atomic E-state index is 15.3. The molecule has 13 nitrogen and oxygen atoms in total. The van der Waals surface area contributed by atoms with Crippen LogP contribution >= 0.6 is 27.3 Å². The topological polar surface area (TPSA) is 130 Å². The lowest BCUT2D eigenvalue weighted by Gasteiger charge is -2.40. The summed E-state index contributed by atoms with van der Waals surface area (Å²) in [7, 11) is 2.78. The molecule has 0 spiro atoms. The Morgan fingerprint density at radius 1 is 0.958 bits per heavy atom. The summed E-state index contributed by atoms with van der Waals surface area (Å²) in [4.78, 5) is 41.3. The van der Waals surface area contributed by atoms with E-state index in [1.54, 1.807) is 19.2 Å². The van der Waals surface area contributed by atoms with Gasteiger partial charge in [-0.05, 0) is 117 Å². The Labute approximate surface area is 431 Å². The number of fused-ring (bicyclic) bond motifs is 1. The highest BCUT2D eigenvalue weighted by Crippen LogP contribution is 2.42. The second-order valence-electron chi connectivity index (χ2n) is 20.5. The lowest BCUT2D eigenvalue weighted by atomic mass is 9.77. The first-order chi connectivity index (χ1) is 33.9. The summed E-state index contributed by atoms with van der Waals surface area (Å²) in [5, 5.41) is 5.23. The molecule has 8 rings (SSSR count). The van der Waals surface area contributed by atoms with E-state index in [1.165, 1.54) is 11.3 Å². The second kappa shape index (κ2) is 22.1. The van der Waals surface area contributed by atoms with E-state index in [4.69, 9.17) is 33.5 Å². The zero-order valence-corrected chi connectivity index (χ0v) is 45.1. The molecule has 2 aliphatic heterocycles. The van der Waals surface area contributed by atoms with Gasteiger partial charge in [-0.15, -0.1) is 11.3 Å². The molecular formula is C55H68BBrN6O7S. The lowest BCUT2D eigenvalue weighted by Crippen LogP contribution is -2.61. The molecule has 3 aromatic carbocycles. The van der Waals surface area contributed by atoms with Crippen LogP contribution in [0.1, 0.15) is 108 Å². The van der Waals surface area contributed by atoms with Crippen molar-refractivity contribution >= 4 is 62.6 Å². The largest absolute Gasteiger partial charge is 0.494 e. The molecule has 2 aliphatic rings. The van der Waals surface area contributed by atoms with Crippen molar-refractivity contribution in [1.82, 2.24) is 29.9 Å². The normalized spacial score (nSPS) is 18.2. The number of nitrogens with zero attached hydrogens (tertiary/aromatic N) is 5. The summed E-state index contributed by atoms with van der Waals surface area (Å²) in [6, 6.07) is 29.2. The van der Waals surface area contributed by atoms with Gasteiger partial charge in [-0.25, -0.2) is 10.4 Å². The van der Waals surface area contributed by atoms with E-state index >= 15 is 4.79 Å². The number of thiazole rings is 1. The van der Waals surface area contributed by atoms with Crippen molar-refractivity contribution in [1.29, 1.82) is 0 Å². The molecule has 1 N–H and O–H groups in total. The first kappa shape index (κ1) is 52.5. The Hall–Kier alpha value is -4.78. The molecule has 0 radical (unpaired) electrons. The quantitative estimate of drug-likeness (QED) is 0.0615. The first-order valence-corrected chi connectivity index (χ1v) is 26.3. The van der Waals surface area contributed by atoms with E-state index in [1.807, 2.05) is 61.0 Å². The summed E-state index contributed by atoms with van der Waals surface area (Å²) in [5.41, 5.74) is 9.87. The van der Waals surface area contributed by atoms with E-state index in [-0.39, 0.29) is 18.6 Å². The number of carbonyl (C=O) groups is 2. The highest BCUT2D eigenvalue weighted by atomic mass is 79.9. The van der Waals surface area contributed by atoms with E-state index < -0.39 is 47.9 Å². The number of rotatable bonds is 19. The molecule has 0 aliphatic carbocycles. The molecule has 16 heteroatoms. The van der Waals surface area contributed by atoms with Gasteiger partial charge in [0.15, 0.2) is 0 Å². The molecule has 4 atom stereocenters. The Bertz CT molecular complexity index is 2730. The highest BCUT2D eigenvalue weighted by Gasteiger charge is 2.52. The van der Waals surface area contributed by atoms with Crippen molar-refractivity contribution in [2.45, 2.75) is 130 Å². The van der Waals surface area contributed by atoms with Crippen LogP contribution in [0.15, 0.2) is 107 Å². The molecule has 6 aromatic rings. The third-order valence-corrected chi connectivity index (χ3v) is 15.9. The maximum atomic E-state index is 15.3. The fourth-order valence-electron chi connectivity index (χ4n) is 9.74. The number of amides is 1. The Balaban J connectivity index is 1.07. The minimum Gasteiger partial charge on any atom is -0.464 e. The summed E-state index contributed by atoms with van der Waals surface area (Å²) >= 11 is 4.96. The van der Waals surface area contributed by atoms with Crippen LogP contribution in [0.4, 0.5) is 0 Å². The van der Waals surface area contributed by atoms with Gasteiger partial charge in [0.25, 0.3) is 5.91 Å². The lowest BCUT2D eigenvalue weighted by molar-refractivity contribution is -0.158. The molecule has 5 heterocycles. The van der Waals surface area contributed by atoms with Gasteiger partial charge in [0.2, 0.25) is 0 Å². The molecule has 0 saturated carbocycles. The number of nitrogens with one attached hydrogen (secondary N) is 1. The fourth-order valence-corrected chi connectivity index (χ4v) is 11.1. The minimum absolute atomic E-state index is 0.136. The molecule has 1 amide bonds. The van der Waals surface area contributed by atoms with Crippen LogP contribution in [0, 0.1) is 5.41 Å². The van der Waals surface area contributed by atoms with Crippen LogP contribution < -0.4 is 10.9 Å². The molecular weight excluding hydrogens is 979 g/mol. The molecule has 376 valence electrons. The van der Waals surface area contributed by atoms with Crippen LogP contribution in [0.5, 0.6) is 0 Å². The molecule has 3 aromatic heterocycles. The van der Waals surface area contributed by atoms with Gasteiger partial charge in [0, 0.05) is 73.9 Å². The number of carbonyl (C=O) groups excluding carboxylic acids is 2. The van der Waals surface area contributed by atoms with Crippen LogP contribution in [0.2, 0.25) is 0 Å². The number of benzene rings is 3. The van der Waals surface area contributed by atoms with Crippen molar-refractivity contribution in [3.05, 3.63) is 135 Å². The summed E-state index contributed by atoms with van der Waals surface area (Å²) < 4.78 is 34.5. The zero-order chi connectivity index (χ0) is 50.7. The zero-order valence-electron chi connectivity index (χ0n) is 42.7. The number of pyridine rings is 1. The molecule has 71 heavy (non-hydrogen) atoms. The average Bonchev–Trinajstić information content (AvgIpc) is 4.00. The van der Waals surface area contributed by atoms with Gasteiger partial charge < -0.3 is 28.1 Å². The van der Waals surface area contributed by atoms with E-state index in [0.29, 0.717) is 55.1 Å². The number of halogens is 1. The van der Waals surface area contributed by atoms with E-state index in [2.05, 4.69) is 128 Å². The van der Waals surface area contributed by atoms with Crippen molar-refractivity contribution in [3.8, 4) is 11.3 Å². The first-order valence-electron chi connectivity index (χ1n) is 24.6. The third kappa shape index (κ3) is 11.6. The van der Waals surface area contributed by atoms with Gasteiger partial charge in [-0.1, -0.05) is 86.6 Å². The number of esters is 1. The third-order valence-electron chi connectivity index (χ3n) is 14.2. The number of aryl methyl sites for hydroxylation is 1. The monoisotopic (exact) mass is 1050 g/mol. The van der Waals surface area contributed by atoms with E-state index in [9.17, 15) is 4.79 Å². The molecule has 0 unspecified atom stereocenters. The fraction of sp³-hybridized carbons (Fsp3) is 0.455. The van der Waals surface area contributed by atoms with Gasteiger partial charge >= 0.3 is 13.1 Å².